The van der Waals surface area contributed by atoms with Crippen molar-refractivity contribution in [1.29, 1.82) is 0 Å². The lowest BCUT2D eigenvalue weighted by molar-refractivity contribution is 0.182. The number of rotatable bonds is 8. The molecule has 0 aliphatic rings. The topological polar surface area (TPSA) is 90.5 Å². The van der Waals surface area contributed by atoms with Crippen LogP contribution in [0.2, 0.25) is 0 Å². The lowest BCUT2D eigenvalue weighted by Gasteiger charge is -2.19. The molecule has 0 unspecified atom stereocenters. The smallest absolute Gasteiger partial charge is 0.248 e. The van der Waals surface area contributed by atoms with Crippen molar-refractivity contribution in [3.63, 3.8) is 0 Å². The number of aromatic nitrogens is 2. The molecule has 0 saturated heterocycles. The fourth-order valence-corrected chi connectivity index (χ4v) is 3.02. The third kappa shape index (κ3) is 3.55. The molecule has 1 heterocycles. The van der Waals surface area contributed by atoms with Crippen LogP contribution in [0.4, 0.5) is 5.82 Å². The number of nitrogen functional groups attached to an aromatic ring is 1. The summed E-state index contributed by atoms with van der Waals surface area (Å²) in [4.78, 5) is 0.0207. The summed E-state index contributed by atoms with van der Waals surface area (Å²) >= 11 is 0. The summed E-state index contributed by atoms with van der Waals surface area (Å²) in [7, 11) is -2.17. The molecule has 0 aliphatic carbocycles. The van der Waals surface area contributed by atoms with Crippen LogP contribution in [-0.2, 0) is 21.3 Å². The Morgan fingerprint density at radius 1 is 1.63 bits per heavy atom. The number of aryl methyl sites for hydroxylation is 1. The standard InChI is InChI=1S/C11H20N4O3S/c1-4-6-15(7-8-18-3)19(16,17)10-9-14(5-2)13-11(10)12/h4,9H,1,5-8H2,2-3H3,(H2,12,13). The van der Waals surface area contributed by atoms with E-state index < -0.39 is 10.0 Å². The first-order chi connectivity index (χ1) is 8.97. The molecular formula is C11H20N4O3S. The Hall–Kier alpha value is -1.38. The van der Waals surface area contributed by atoms with Gasteiger partial charge in [0.05, 0.1) is 6.61 Å². The maximum atomic E-state index is 12.5. The van der Waals surface area contributed by atoms with Gasteiger partial charge in [0.25, 0.3) is 0 Å². The van der Waals surface area contributed by atoms with Crippen LogP contribution >= 0.6 is 0 Å². The van der Waals surface area contributed by atoms with Crippen molar-refractivity contribution in [2.45, 2.75) is 18.4 Å². The Morgan fingerprint density at radius 3 is 2.79 bits per heavy atom. The number of hydrogen-bond acceptors (Lipinski definition) is 5. The molecule has 1 aromatic rings. The van der Waals surface area contributed by atoms with E-state index in [2.05, 4.69) is 11.7 Å². The molecule has 19 heavy (non-hydrogen) atoms. The first-order valence-electron chi connectivity index (χ1n) is 5.90. The molecule has 0 aliphatic heterocycles. The Balaban J connectivity index is 3.10. The van der Waals surface area contributed by atoms with Crippen molar-refractivity contribution in [1.82, 2.24) is 14.1 Å². The predicted octanol–water partition coefficient (Wildman–Crippen LogP) is 0.308. The zero-order chi connectivity index (χ0) is 14.5. The SMILES string of the molecule is C=CCN(CCOC)S(=O)(=O)c1cn(CC)nc1N. The first kappa shape index (κ1) is 15.7. The minimum Gasteiger partial charge on any atom is -0.383 e. The fraction of sp³-hybridized carbons (Fsp3) is 0.545. The number of sulfonamides is 1. The van der Waals surface area contributed by atoms with Gasteiger partial charge in [-0.1, -0.05) is 6.08 Å². The summed E-state index contributed by atoms with van der Waals surface area (Å²) in [5.74, 6) is 0.00771. The number of nitrogens with two attached hydrogens (primary N) is 1. The number of ether oxygens (including phenoxy) is 1. The van der Waals surface area contributed by atoms with Crippen LogP contribution in [0.25, 0.3) is 0 Å². The van der Waals surface area contributed by atoms with Crippen molar-refractivity contribution in [3.8, 4) is 0 Å². The van der Waals surface area contributed by atoms with E-state index >= 15 is 0 Å². The summed E-state index contributed by atoms with van der Waals surface area (Å²) in [5.41, 5.74) is 5.67. The summed E-state index contributed by atoms with van der Waals surface area (Å²) in [6.45, 7) is 6.71. The number of hydrogen-bond donors (Lipinski definition) is 1. The summed E-state index contributed by atoms with van der Waals surface area (Å²) in [6.07, 6.45) is 2.96. The van der Waals surface area contributed by atoms with Gasteiger partial charge in [-0.25, -0.2) is 8.42 Å². The van der Waals surface area contributed by atoms with Gasteiger partial charge in [-0.3, -0.25) is 4.68 Å². The molecule has 1 aromatic heterocycles. The predicted molar refractivity (Wildman–Crippen MR) is 73.1 cm³/mol. The molecule has 2 N–H and O–H groups in total. The zero-order valence-corrected chi connectivity index (χ0v) is 12.1. The van der Waals surface area contributed by atoms with E-state index in [1.54, 1.807) is 0 Å². The average molecular weight is 288 g/mol. The van der Waals surface area contributed by atoms with Gasteiger partial charge in [0, 0.05) is 32.9 Å². The van der Waals surface area contributed by atoms with Crippen molar-refractivity contribution < 1.29 is 13.2 Å². The second-order valence-electron chi connectivity index (χ2n) is 3.88. The molecule has 0 aromatic carbocycles. The molecule has 8 heteroatoms. The Labute approximate surface area is 113 Å². The Bertz CT molecular complexity index is 524. The van der Waals surface area contributed by atoms with Gasteiger partial charge in [0.15, 0.2) is 5.82 Å². The van der Waals surface area contributed by atoms with Gasteiger partial charge < -0.3 is 10.5 Å². The average Bonchev–Trinajstić information content (AvgIpc) is 2.76. The van der Waals surface area contributed by atoms with Crippen LogP contribution in [0.1, 0.15) is 6.92 Å². The van der Waals surface area contributed by atoms with Crippen LogP contribution in [0.5, 0.6) is 0 Å². The van der Waals surface area contributed by atoms with E-state index in [1.807, 2.05) is 6.92 Å². The molecular weight excluding hydrogens is 268 g/mol. The highest BCUT2D eigenvalue weighted by molar-refractivity contribution is 7.89. The normalized spacial score (nSPS) is 11.9. The van der Waals surface area contributed by atoms with Crippen molar-refractivity contribution in [2.24, 2.45) is 0 Å². The highest BCUT2D eigenvalue weighted by Gasteiger charge is 2.27. The highest BCUT2D eigenvalue weighted by Crippen LogP contribution is 2.21. The Morgan fingerprint density at radius 2 is 2.32 bits per heavy atom. The maximum absolute atomic E-state index is 12.5. The molecule has 0 amide bonds. The molecule has 0 saturated carbocycles. The molecule has 0 fully saturated rings. The van der Waals surface area contributed by atoms with Crippen molar-refractivity contribution in [2.75, 3.05) is 32.5 Å². The van der Waals surface area contributed by atoms with Gasteiger partial charge >= 0.3 is 0 Å². The van der Waals surface area contributed by atoms with E-state index in [0.717, 1.165) is 0 Å². The lowest BCUT2D eigenvalue weighted by Crippen LogP contribution is -2.34. The van der Waals surface area contributed by atoms with Gasteiger partial charge in [-0.05, 0) is 6.92 Å². The molecule has 108 valence electrons. The number of methoxy groups -OCH3 is 1. The van der Waals surface area contributed by atoms with Gasteiger partial charge in [0.2, 0.25) is 10.0 Å². The summed E-state index contributed by atoms with van der Waals surface area (Å²) < 4.78 is 32.6. The second kappa shape index (κ2) is 6.69. The first-order valence-corrected chi connectivity index (χ1v) is 7.34. The minimum absolute atomic E-state index is 0.00771. The molecule has 0 spiro atoms. The third-order valence-corrected chi connectivity index (χ3v) is 4.46. The van der Waals surface area contributed by atoms with Crippen LogP contribution < -0.4 is 5.73 Å². The highest BCUT2D eigenvalue weighted by atomic mass is 32.2. The quantitative estimate of drug-likeness (QED) is 0.695. The van der Waals surface area contributed by atoms with E-state index in [1.165, 1.54) is 28.4 Å². The van der Waals surface area contributed by atoms with Gasteiger partial charge in [-0.2, -0.15) is 9.40 Å². The monoisotopic (exact) mass is 288 g/mol. The van der Waals surface area contributed by atoms with E-state index in [-0.39, 0.29) is 23.8 Å². The van der Waals surface area contributed by atoms with Gasteiger partial charge in [-0.15, -0.1) is 6.58 Å². The van der Waals surface area contributed by atoms with E-state index in [9.17, 15) is 8.42 Å². The van der Waals surface area contributed by atoms with Crippen molar-refractivity contribution in [3.05, 3.63) is 18.9 Å². The molecule has 0 atom stereocenters. The second-order valence-corrected chi connectivity index (χ2v) is 5.79. The number of nitrogens with zero attached hydrogens (tertiary/aromatic N) is 3. The van der Waals surface area contributed by atoms with E-state index in [4.69, 9.17) is 10.5 Å². The summed E-state index contributed by atoms with van der Waals surface area (Å²) in [6, 6.07) is 0. The molecule has 0 radical (unpaired) electrons. The molecule has 1 rings (SSSR count). The number of anilines is 1. The van der Waals surface area contributed by atoms with Crippen LogP contribution in [0, 0.1) is 0 Å². The zero-order valence-electron chi connectivity index (χ0n) is 11.2. The van der Waals surface area contributed by atoms with Crippen LogP contribution in [0.3, 0.4) is 0 Å². The van der Waals surface area contributed by atoms with Gasteiger partial charge in [0.1, 0.15) is 4.90 Å². The molecule has 0 bridgehead atoms. The molecule has 7 nitrogen and oxygen atoms in total. The minimum atomic E-state index is -3.68. The van der Waals surface area contributed by atoms with E-state index in [0.29, 0.717) is 13.2 Å². The third-order valence-electron chi connectivity index (χ3n) is 2.57. The maximum Gasteiger partial charge on any atom is 0.248 e. The Kier molecular flexibility index (Phi) is 5.52. The fourth-order valence-electron chi connectivity index (χ4n) is 1.56. The van der Waals surface area contributed by atoms with Crippen molar-refractivity contribution >= 4 is 15.8 Å². The summed E-state index contributed by atoms with van der Waals surface area (Å²) in [5, 5.41) is 3.95. The van der Waals surface area contributed by atoms with Crippen LogP contribution in [0.15, 0.2) is 23.7 Å². The lowest BCUT2D eigenvalue weighted by atomic mass is 10.6. The van der Waals surface area contributed by atoms with Crippen LogP contribution in [-0.4, -0.2) is 49.3 Å². The largest absolute Gasteiger partial charge is 0.383 e.